The first-order valence-electron chi connectivity index (χ1n) is 10.5. The summed E-state index contributed by atoms with van der Waals surface area (Å²) in [5, 5.41) is 12.9. The van der Waals surface area contributed by atoms with Crippen LogP contribution in [0.15, 0.2) is 29.3 Å². The maximum Gasteiger partial charge on any atom is 0.188 e. The highest BCUT2D eigenvalue weighted by Gasteiger charge is 2.17. The third-order valence-electron chi connectivity index (χ3n) is 5.55. The Bertz CT molecular complexity index is 611. The zero-order valence-corrected chi connectivity index (χ0v) is 16.9. The Morgan fingerprint density at radius 1 is 1.11 bits per heavy atom. The molecule has 0 spiro atoms. The van der Waals surface area contributed by atoms with Gasteiger partial charge >= 0.3 is 0 Å². The molecule has 4 N–H and O–H groups in total. The second-order valence-corrected chi connectivity index (χ2v) is 7.71. The number of guanidine groups is 1. The number of hydrogen-bond donors (Lipinski definition) is 3. The van der Waals surface area contributed by atoms with E-state index in [0.717, 1.165) is 78.3 Å². The first-order valence-corrected chi connectivity index (χ1v) is 10.5. The molecule has 0 aromatic heterocycles. The molecule has 3 rings (SSSR count). The summed E-state index contributed by atoms with van der Waals surface area (Å²) < 4.78 is 5.37. The van der Waals surface area contributed by atoms with Crippen molar-refractivity contribution in [2.24, 2.45) is 10.7 Å². The number of rotatable bonds is 8. The minimum atomic E-state index is -0.134. The number of nitrogens with zero attached hydrogens (tertiary/aromatic N) is 3. The van der Waals surface area contributed by atoms with Crippen LogP contribution in [-0.4, -0.2) is 79.5 Å². The normalized spacial score (nSPS) is 20.4. The summed E-state index contributed by atoms with van der Waals surface area (Å²) in [6, 6.07) is 8.43. The summed E-state index contributed by atoms with van der Waals surface area (Å²) in [5.41, 5.74) is 8.57. The van der Waals surface area contributed by atoms with Gasteiger partial charge < -0.3 is 20.9 Å². The molecule has 0 amide bonds. The lowest BCUT2D eigenvalue weighted by Crippen LogP contribution is -2.39. The van der Waals surface area contributed by atoms with Crippen LogP contribution in [0.2, 0.25) is 0 Å². The molecule has 1 aromatic carbocycles. The number of aliphatic hydroxyl groups is 1. The summed E-state index contributed by atoms with van der Waals surface area (Å²) in [7, 11) is 0. The van der Waals surface area contributed by atoms with Gasteiger partial charge in [-0.3, -0.25) is 9.80 Å². The van der Waals surface area contributed by atoms with Crippen molar-refractivity contribution in [3.8, 4) is 0 Å². The molecule has 0 radical (unpaired) electrons. The zero-order valence-electron chi connectivity index (χ0n) is 16.9. The first kappa shape index (κ1) is 21.0. The van der Waals surface area contributed by atoms with Crippen LogP contribution in [0.25, 0.3) is 0 Å². The smallest absolute Gasteiger partial charge is 0.188 e. The lowest BCUT2D eigenvalue weighted by Gasteiger charge is -2.30. The fourth-order valence-electron chi connectivity index (χ4n) is 3.75. The second-order valence-electron chi connectivity index (χ2n) is 7.71. The second kappa shape index (κ2) is 11.4. The molecule has 156 valence electrons. The van der Waals surface area contributed by atoms with Crippen molar-refractivity contribution < 1.29 is 9.84 Å². The average molecular weight is 390 g/mol. The van der Waals surface area contributed by atoms with Gasteiger partial charge in [-0.05, 0) is 36.9 Å². The maximum absolute atomic E-state index is 9.68. The van der Waals surface area contributed by atoms with Crippen LogP contribution in [0.1, 0.15) is 30.4 Å². The van der Waals surface area contributed by atoms with Crippen LogP contribution in [-0.2, 0) is 17.8 Å². The van der Waals surface area contributed by atoms with Crippen LogP contribution in [0.5, 0.6) is 0 Å². The Morgan fingerprint density at radius 2 is 1.82 bits per heavy atom. The topological polar surface area (TPSA) is 86.3 Å². The van der Waals surface area contributed by atoms with Gasteiger partial charge in [0.15, 0.2) is 5.96 Å². The van der Waals surface area contributed by atoms with E-state index in [4.69, 9.17) is 10.5 Å². The Morgan fingerprint density at radius 3 is 2.57 bits per heavy atom. The van der Waals surface area contributed by atoms with Crippen LogP contribution in [0.3, 0.4) is 0 Å². The Hall–Kier alpha value is -1.67. The molecule has 0 aliphatic carbocycles. The third kappa shape index (κ3) is 7.05. The molecule has 0 unspecified atom stereocenters. The number of morpholine rings is 1. The SMILES string of the molecule is NC(=NCc1ccccc1CN1CCC(O)CC1)NCCCN1CCOCC1. The van der Waals surface area contributed by atoms with Gasteiger partial charge in [0, 0.05) is 39.3 Å². The molecule has 7 heteroatoms. The number of benzene rings is 1. The lowest BCUT2D eigenvalue weighted by atomic mass is 10.0. The third-order valence-corrected chi connectivity index (χ3v) is 5.55. The molecule has 0 bridgehead atoms. The average Bonchev–Trinajstić information content (AvgIpc) is 2.73. The van der Waals surface area contributed by atoms with E-state index in [0.29, 0.717) is 12.5 Å². The predicted octanol–water partition coefficient (Wildman–Crippen LogP) is 0.770. The van der Waals surface area contributed by atoms with Gasteiger partial charge in [0.05, 0.1) is 25.9 Å². The fraction of sp³-hybridized carbons (Fsp3) is 0.667. The van der Waals surface area contributed by atoms with Crippen LogP contribution < -0.4 is 11.1 Å². The predicted molar refractivity (Wildman–Crippen MR) is 112 cm³/mol. The Labute approximate surface area is 168 Å². The molecule has 2 aliphatic heterocycles. The van der Waals surface area contributed by atoms with E-state index in [2.05, 4.69) is 44.4 Å². The number of nitrogens with one attached hydrogen (secondary N) is 1. The van der Waals surface area contributed by atoms with Gasteiger partial charge in [-0.2, -0.15) is 0 Å². The molecular weight excluding hydrogens is 354 g/mol. The summed E-state index contributed by atoms with van der Waals surface area (Å²) in [6.45, 7) is 9.04. The number of ether oxygens (including phenoxy) is 1. The van der Waals surface area contributed by atoms with E-state index >= 15 is 0 Å². The minimum Gasteiger partial charge on any atom is -0.393 e. The highest BCUT2D eigenvalue weighted by Crippen LogP contribution is 2.17. The minimum absolute atomic E-state index is 0.134. The molecule has 1 aromatic rings. The largest absolute Gasteiger partial charge is 0.393 e. The number of likely N-dealkylation sites (tertiary alicyclic amines) is 1. The van der Waals surface area contributed by atoms with E-state index in [1.807, 2.05) is 0 Å². The van der Waals surface area contributed by atoms with Crippen LogP contribution >= 0.6 is 0 Å². The molecule has 0 saturated carbocycles. The highest BCUT2D eigenvalue weighted by molar-refractivity contribution is 5.77. The fourth-order valence-corrected chi connectivity index (χ4v) is 3.75. The van der Waals surface area contributed by atoms with Crippen LogP contribution in [0, 0.1) is 0 Å². The van der Waals surface area contributed by atoms with Gasteiger partial charge in [-0.15, -0.1) is 0 Å². The molecule has 28 heavy (non-hydrogen) atoms. The monoisotopic (exact) mass is 389 g/mol. The molecular formula is C21H35N5O2. The number of nitrogens with two attached hydrogens (primary N) is 1. The lowest BCUT2D eigenvalue weighted by molar-refractivity contribution is 0.0376. The Kier molecular flexibility index (Phi) is 8.54. The van der Waals surface area contributed by atoms with Crippen molar-refractivity contribution in [3.05, 3.63) is 35.4 Å². The van der Waals surface area contributed by atoms with Gasteiger partial charge in [0.25, 0.3) is 0 Å². The summed E-state index contributed by atoms with van der Waals surface area (Å²) in [6.07, 6.45) is 2.64. The standard InChI is InChI=1S/C21H35N5O2/c22-21(23-8-3-9-25-12-14-28-15-13-25)24-16-18-4-1-2-5-19(18)17-26-10-6-20(27)7-11-26/h1-2,4-5,20,27H,3,6-17H2,(H3,22,23,24). The number of piperidine rings is 1. The van der Waals surface area contributed by atoms with Gasteiger partial charge in [-0.1, -0.05) is 24.3 Å². The van der Waals surface area contributed by atoms with Gasteiger partial charge in [-0.25, -0.2) is 4.99 Å². The molecule has 2 heterocycles. The van der Waals surface area contributed by atoms with E-state index in [9.17, 15) is 5.11 Å². The molecule has 2 fully saturated rings. The summed E-state index contributed by atoms with van der Waals surface area (Å²) >= 11 is 0. The zero-order chi connectivity index (χ0) is 19.6. The quantitative estimate of drug-likeness (QED) is 0.346. The molecule has 2 saturated heterocycles. The first-order chi connectivity index (χ1) is 13.7. The van der Waals surface area contributed by atoms with Crippen molar-refractivity contribution in [2.75, 3.05) is 52.5 Å². The molecule has 7 nitrogen and oxygen atoms in total. The van der Waals surface area contributed by atoms with Crippen molar-refractivity contribution in [3.63, 3.8) is 0 Å². The van der Waals surface area contributed by atoms with E-state index in [-0.39, 0.29) is 6.10 Å². The maximum atomic E-state index is 9.68. The van der Waals surface area contributed by atoms with Crippen molar-refractivity contribution in [2.45, 2.75) is 38.5 Å². The van der Waals surface area contributed by atoms with E-state index < -0.39 is 0 Å². The number of hydrogen-bond acceptors (Lipinski definition) is 5. The van der Waals surface area contributed by atoms with Gasteiger partial charge in [0.1, 0.15) is 0 Å². The van der Waals surface area contributed by atoms with Gasteiger partial charge in [0.2, 0.25) is 0 Å². The Balaban J connectivity index is 1.41. The number of aliphatic hydroxyl groups excluding tert-OH is 1. The summed E-state index contributed by atoms with van der Waals surface area (Å²) in [5.74, 6) is 0.512. The molecule has 2 aliphatic rings. The van der Waals surface area contributed by atoms with Crippen molar-refractivity contribution >= 4 is 5.96 Å². The summed E-state index contributed by atoms with van der Waals surface area (Å²) in [4.78, 5) is 9.37. The van der Waals surface area contributed by atoms with Crippen molar-refractivity contribution in [1.82, 2.24) is 15.1 Å². The highest BCUT2D eigenvalue weighted by atomic mass is 16.5. The van der Waals surface area contributed by atoms with Crippen molar-refractivity contribution in [1.29, 1.82) is 0 Å². The number of aliphatic imine (C=N–C) groups is 1. The van der Waals surface area contributed by atoms with E-state index in [1.165, 1.54) is 11.1 Å². The van der Waals surface area contributed by atoms with Crippen LogP contribution in [0.4, 0.5) is 0 Å². The molecule has 0 atom stereocenters. The van der Waals surface area contributed by atoms with E-state index in [1.54, 1.807) is 0 Å².